The molecule has 3 heteroatoms. The molecule has 4 saturated carbocycles. The Morgan fingerprint density at radius 1 is 1.09 bits per heavy atom. The van der Waals surface area contributed by atoms with E-state index in [9.17, 15) is 4.79 Å². The van der Waals surface area contributed by atoms with Gasteiger partial charge in [0.15, 0.2) is 0 Å². The molecule has 0 saturated heterocycles. The summed E-state index contributed by atoms with van der Waals surface area (Å²) < 4.78 is 5.09. The summed E-state index contributed by atoms with van der Waals surface area (Å²) in [7, 11) is 0. The predicted molar refractivity (Wildman–Crippen MR) is 85.5 cm³/mol. The van der Waals surface area contributed by atoms with E-state index in [-0.39, 0.29) is 5.97 Å². The number of esters is 1. The van der Waals surface area contributed by atoms with E-state index < -0.39 is 0 Å². The summed E-state index contributed by atoms with van der Waals surface area (Å²) in [6.07, 6.45) is 8.59. The van der Waals surface area contributed by atoms with E-state index in [1.807, 2.05) is 12.1 Å². The van der Waals surface area contributed by atoms with E-state index in [0.717, 1.165) is 24.3 Å². The fourth-order valence-electron chi connectivity index (χ4n) is 5.46. The quantitative estimate of drug-likeness (QED) is 0.681. The topological polar surface area (TPSA) is 38.3 Å². The van der Waals surface area contributed by atoms with Crippen LogP contribution in [0.25, 0.3) is 0 Å². The number of nitrogens with one attached hydrogen (secondary N) is 1. The molecule has 5 rings (SSSR count). The zero-order chi connectivity index (χ0) is 15.2. The van der Waals surface area contributed by atoms with Crippen LogP contribution in [0.2, 0.25) is 0 Å². The monoisotopic (exact) mass is 299 g/mol. The van der Waals surface area contributed by atoms with E-state index in [0.29, 0.717) is 11.3 Å². The highest BCUT2D eigenvalue weighted by Crippen LogP contribution is 2.55. The Balaban J connectivity index is 1.39. The van der Waals surface area contributed by atoms with E-state index in [2.05, 4.69) is 17.4 Å². The Bertz CT molecular complexity index is 528. The Kier molecular flexibility index (Phi) is 3.48. The van der Waals surface area contributed by atoms with Gasteiger partial charge in [-0.05, 0) is 74.0 Å². The zero-order valence-electron chi connectivity index (χ0n) is 13.3. The van der Waals surface area contributed by atoms with Gasteiger partial charge in [0.2, 0.25) is 0 Å². The van der Waals surface area contributed by atoms with Gasteiger partial charge in [0.1, 0.15) is 5.75 Å². The summed E-state index contributed by atoms with van der Waals surface area (Å²) in [5.74, 6) is 3.30. The first-order chi connectivity index (χ1) is 10.6. The molecule has 4 bridgehead atoms. The molecule has 3 nitrogen and oxygen atoms in total. The number of carbonyl (C=O) groups is 1. The molecule has 0 heterocycles. The number of benzene rings is 1. The number of hydrogen-bond acceptors (Lipinski definition) is 3. The van der Waals surface area contributed by atoms with Crippen molar-refractivity contribution in [1.29, 1.82) is 0 Å². The van der Waals surface area contributed by atoms with Crippen molar-refractivity contribution in [2.24, 2.45) is 17.8 Å². The van der Waals surface area contributed by atoms with Gasteiger partial charge < -0.3 is 10.1 Å². The lowest BCUT2D eigenvalue weighted by molar-refractivity contribution is -0.131. The van der Waals surface area contributed by atoms with Crippen molar-refractivity contribution in [3.05, 3.63) is 29.8 Å². The van der Waals surface area contributed by atoms with Gasteiger partial charge >= 0.3 is 5.97 Å². The van der Waals surface area contributed by atoms with Crippen LogP contribution in [0.4, 0.5) is 0 Å². The van der Waals surface area contributed by atoms with Crippen LogP contribution in [0.3, 0.4) is 0 Å². The third kappa shape index (κ3) is 2.79. The zero-order valence-corrected chi connectivity index (χ0v) is 13.3. The maximum atomic E-state index is 10.9. The molecule has 1 aromatic rings. The molecule has 0 aliphatic heterocycles. The summed E-state index contributed by atoms with van der Waals surface area (Å²) in [5, 5.41) is 3.90. The van der Waals surface area contributed by atoms with Gasteiger partial charge in [0, 0.05) is 19.0 Å². The Morgan fingerprint density at radius 3 is 2.14 bits per heavy atom. The summed E-state index contributed by atoms with van der Waals surface area (Å²) in [4.78, 5) is 10.9. The third-order valence-electron chi connectivity index (χ3n) is 5.89. The minimum atomic E-state index is -0.264. The number of hydrogen-bond donors (Lipinski definition) is 1. The lowest BCUT2D eigenvalue weighted by atomic mass is 9.53. The molecule has 4 aliphatic carbocycles. The van der Waals surface area contributed by atoms with Crippen LogP contribution in [0, 0.1) is 17.8 Å². The van der Waals surface area contributed by atoms with E-state index in [1.54, 1.807) is 0 Å². The molecular weight excluding hydrogens is 274 g/mol. The maximum Gasteiger partial charge on any atom is 0.308 e. The fraction of sp³-hybridized carbons (Fsp3) is 0.632. The summed E-state index contributed by atoms with van der Waals surface area (Å²) in [6, 6.07) is 7.90. The Morgan fingerprint density at radius 2 is 1.64 bits per heavy atom. The van der Waals surface area contributed by atoms with Gasteiger partial charge in [-0.1, -0.05) is 12.1 Å². The molecule has 0 amide bonds. The molecule has 0 spiro atoms. The Labute approximate surface area is 132 Å². The van der Waals surface area contributed by atoms with Crippen LogP contribution < -0.4 is 10.1 Å². The first-order valence-corrected chi connectivity index (χ1v) is 8.63. The second-order valence-corrected chi connectivity index (χ2v) is 7.79. The van der Waals surface area contributed by atoms with Crippen molar-refractivity contribution in [2.45, 2.75) is 57.5 Å². The molecule has 4 aliphatic rings. The lowest BCUT2D eigenvalue weighted by Crippen LogP contribution is -2.58. The largest absolute Gasteiger partial charge is 0.427 e. The first-order valence-electron chi connectivity index (χ1n) is 8.63. The van der Waals surface area contributed by atoms with Crippen LogP contribution in [0.15, 0.2) is 24.3 Å². The predicted octanol–water partition coefficient (Wildman–Crippen LogP) is 3.67. The van der Waals surface area contributed by atoms with Crippen LogP contribution in [-0.2, 0) is 11.3 Å². The molecule has 1 N–H and O–H groups in total. The molecule has 22 heavy (non-hydrogen) atoms. The van der Waals surface area contributed by atoms with Crippen molar-refractivity contribution in [3.63, 3.8) is 0 Å². The standard InChI is InChI=1S/C19H25NO2/c1-13(21)22-18-4-2-14(3-5-18)12-20-19-9-15-6-16(10-19)8-17(7-15)11-19/h2-5,15-17,20H,6-12H2,1H3. The van der Waals surface area contributed by atoms with E-state index >= 15 is 0 Å². The average molecular weight is 299 g/mol. The van der Waals surface area contributed by atoms with Crippen molar-refractivity contribution in [2.75, 3.05) is 0 Å². The maximum absolute atomic E-state index is 10.9. The minimum absolute atomic E-state index is 0.264. The number of rotatable bonds is 4. The first kappa shape index (κ1) is 14.3. The van der Waals surface area contributed by atoms with Crippen LogP contribution in [0.5, 0.6) is 5.75 Å². The van der Waals surface area contributed by atoms with Crippen LogP contribution >= 0.6 is 0 Å². The molecule has 118 valence electrons. The molecule has 4 fully saturated rings. The summed E-state index contributed by atoms with van der Waals surface area (Å²) in [5.41, 5.74) is 1.68. The van der Waals surface area contributed by atoms with Gasteiger partial charge in [-0.15, -0.1) is 0 Å². The van der Waals surface area contributed by atoms with E-state index in [1.165, 1.54) is 51.0 Å². The second-order valence-electron chi connectivity index (χ2n) is 7.79. The van der Waals surface area contributed by atoms with Crippen LogP contribution in [-0.4, -0.2) is 11.5 Å². The smallest absolute Gasteiger partial charge is 0.308 e. The average Bonchev–Trinajstić information content (AvgIpc) is 2.44. The van der Waals surface area contributed by atoms with Crippen molar-refractivity contribution >= 4 is 5.97 Å². The van der Waals surface area contributed by atoms with Gasteiger partial charge in [0.25, 0.3) is 0 Å². The Hall–Kier alpha value is -1.35. The molecular formula is C19H25NO2. The molecule has 0 radical (unpaired) electrons. The fourth-order valence-corrected chi connectivity index (χ4v) is 5.46. The minimum Gasteiger partial charge on any atom is -0.427 e. The van der Waals surface area contributed by atoms with Crippen molar-refractivity contribution in [1.82, 2.24) is 5.32 Å². The van der Waals surface area contributed by atoms with Gasteiger partial charge in [0.05, 0.1) is 0 Å². The third-order valence-corrected chi connectivity index (χ3v) is 5.89. The highest BCUT2D eigenvalue weighted by molar-refractivity contribution is 5.69. The van der Waals surface area contributed by atoms with E-state index in [4.69, 9.17) is 4.74 Å². The molecule has 0 aromatic heterocycles. The number of ether oxygens (including phenoxy) is 1. The highest BCUT2D eigenvalue weighted by Gasteiger charge is 2.50. The normalized spacial score (nSPS) is 35.6. The van der Waals surface area contributed by atoms with Gasteiger partial charge in [-0.3, -0.25) is 4.79 Å². The summed E-state index contributed by atoms with van der Waals surface area (Å²) in [6.45, 7) is 2.36. The molecule has 0 unspecified atom stereocenters. The lowest BCUT2D eigenvalue weighted by Gasteiger charge is -2.57. The van der Waals surface area contributed by atoms with Crippen molar-refractivity contribution < 1.29 is 9.53 Å². The summed E-state index contributed by atoms with van der Waals surface area (Å²) >= 11 is 0. The molecule has 0 atom stereocenters. The van der Waals surface area contributed by atoms with Crippen LogP contribution in [0.1, 0.15) is 51.0 Å². The van der Waals surface area contributed by atoms with Crippen molar-refractivity contribution in [3.8, 4) is 5.75 Å². The second kappa shape index (κ2) is 5.38. The highest BCUT2D eigenvalue weighted by atomic mass is 16.5. The van der Waals surface area contributed by atoms with Gasteiger partial charge in [-0.2, -0.15) is 0 Å². The number of carbonyl (C=O) groups excluding carboxylic acids is 1. The molecule has 1 aromatic carbocycles. The van der Waals surface area contributed by atoms with Gasteiger partial charge in [-0.25, -0.2) is 0 Å². The SMILES string of the molecule is CC(=O)Oc1ccc(CNC23CC4CC(CC(C4)C2)C3)cc1.